The molecule has 2 N–H and O–H groups in total. The maximum absolute atomic E-state index is 11.7. The molecule has 0 atom stereocenters. The Bertz CT molecular complexity index is 435. The molecule has 1 amide bonds. The molecule has 0 aliphatic rings. The minimum absolute atomic E-state index is 0.128. The first-order chi connectivity index (χ1) is 8.33. The van der Waals surface area contributed by atoms with E-state index in [-0.39, 0.29) is 18.0 Å². The van der Waals surface area contributed by atoms with Gasteiger partial charge in [0.25, 0.3) is 0 Å². The van der Waals surface area contributed by atoms with Crippen LogP contribution in [0.4, 0.5) is 5.69 Å². The van der Waals surface area contributed by atoms with Gasteiger partial charge >= 0.3 is 5.97 Å². The van der Waals surface area contributed by atoms with Crippen LogP contribution < -0.4 is 10.6 Å². The average molecular weight is 270 g/mol. The highest BCUT2D eigenvalue weighted by molar-refractivity contribution is 7.12. The number of carbonyl (C=O) groups is 2. The van der Waals surface area contributed by atoms with Gasteiger partial charge in [0, 0.05) is 5.54 Å². The fourth-order valence-corrected chi connectivity index (χ4v) is 1.96. The van der Waals surface area contributed by atoms with Gasteiger partial charge in [0.05, 0.1) is 19.3 Å². The zero-order valence-electron chi connectivity index (χ0n) is 11.0. The van der Waals surface area contributed by atoms with E-state index in [1.54, 1.807) is 11.4 Å². The Morgan fingerprint density at radius 3 is 2.61 bits per heavy atom. The van der Waals surface area contributed by atoms with E-state index in [2.05, 4.69) is 15.4 Å². The Balaban J connectivity index is 2.60. The zero-order valence-corrected chi connectivity index (χ0v) is 11.8. The monoisotopic (exact) mass is 270 g/mol. The van der Waals surface area contributed by atoms with Crippen LogP contribution in [0.15, 0.2) is 11.4 Å². The number of amides is 1. The van der Waals surface area contributed by atoms with Gasteiger partial charge in [-0.3, -0.25) is 4.79 Å². The number of ether oxygens (including phenoxy) is 1. The molecule has 0 aliphatic heterocycles. The summed E-state index contributed by atoms with van der Waals surface area (Å²) in [6, 6.07) is 1.69. The topological polar surface area (TPSA) is 67.4 Å². The Morgan fingerprint density at radius 2 is 2.06 bits per heavy atom. The Morgan fingerprint density at radius 1 is 1.39 bits per heavy atom. The minimum Gasteiger partial charge on any atom is -0.465 e. The van der Waals surface area contributed by atoms with Gasteiger partial charge < -0.3 is 15.4 Å². The number of thiophene rings is 1. The third kappa shape index (κ3) is 4.46. The van der Waals surface area contributed by atoms with Crippen molar-refractivity contribution < 1.29 is 14.3 Å². The standard InChI is InChI=1S/C12H18N2O3S/c1-12(2,3)13-7-9(15)14-8-5-6-18-10(8)11(16)17-4/h5-6,13H,7H2,1-4H3,(H,14,15). The first-order valence-corrected chi connectivity index (χ1v) is 6.42. The number of hydrogen-bond donors (Lipinski definition) is 2. The summed E-state index contributed by atoms with van der Waals surface area (Å²) in [6.07, 6.45) is 0. The van der Waals surface area contributed by atoms with Gasteiger partial charge in [-0.25, -0.2) is 4.79 Å². The molecule has 0 saturated heterocycles. The number of anilines is 1. The summed E-state index contributed by atoms with van der Waals surface area (Å²) in [6.45, 7) is 6.13. The molecule has 0 saturated carbocycles. The molecule has 0 radical (unpaired) electrons. The summed E-state index contributed by atoms with van der Waals surface area (Å²) in [7, 11) is 1.31. The van der Waals surface area contributed by atoms with E-state index in [4.69, 9.17) is 0 Å². The van der Waals surface area contributed by atoms with E-state index in [1.165, 1.54) is 18.4 Å². The van der Waals surface area contributed by atoms with E-state index in [0.717, 1.165) is 0 Å². The third-order valence-corrected chi connectivity index (χ3v) is 2.98. The van der Waals surface area contributed by atoms with E-state index in [0.29, 0.717) is 10.6 Å². The van der Waals surface area contributed by atoms with Gasteiger partial charge in [-0.05, 0) is 32.2 Å². The number of esters is 1. The van der Waals surface area contributed by atoms with Gasteiger partial charge in [-0.15, -0.1) is 11.3 Å². The van der Waals surface area contributed by atoms with Crippen LogP contribution in [-0.2, 0) is 9.53 Å². The molecule has 5 nitrogen and oxygen atoms in total. The molecule has 18 heavy (non-hydrogen) atoms. The molecule has 0 aliphatic carbocycles. The highest BCUT2D eigenvalue weighted by Gasteiger charge is 2.16. The van der Waals surface area contributed by atoms with Gasteiger partial charge in [-0.1, -0.05) is 0 Å². The van der Waals surface area contributed by atoms with Crippen molar-refractivity contribution in [3.05, 3.63) is 16.3 Å². The van der Waals surface area contributed by atoms with Gasteiger partial charge in [0.1, 0.15) is 4.88 Å². The smallest absolute Gasteiger partial charge is 0.350 e. The number of rotatable bonds is 4. The van der Waals surface area contributed by atoms with Crippen LogP contribution in [0.2, 0.25) is 0 Å². The van der Waals surface area contributed by atoms with E-state index in [9.17, 15) is 9.59 Å². The second kappa shape index (κ2) is 5.97. The van der Waals surface area contributed by atoms with Crippen molar-refractivity contribution in [1.29, 1.82) is 0 Å². The minimum atomic E-state index is -0.441. The number of hydrogen-bond acceptors (Lipinski definition) is 5. The quantitative estimate of drug-likeness (QED) is 0.820. The van der Waals surface area contributed by atoms with Crippen molar-refractivity contribution in [2.24, 2.45) is 0 Å². The van der Waals surface area contributed by atoms with Crippen molar-refractivity contribution in [2.45, 2.75) is 26.3 Å². The molecule has 0 fully saturated rings. The van der Waals surface area contributed by atoms with Crippen LogP contribution in [0.1, 0.15) is 30.4 Å². The fourth-order valence-electron chi connectivity index (χ4n) is 1.20. The van der Waals surface area contributed by atoms with E-state index in [1.807, 2.05) is 20.8 Å². The Hall–Kier alpha value is -1.40. The van der Waals surface area contributed by atoms with Crippen LogP contribution in [0.5, 0.6) is 0 Å². The highest BCUT2D eigenvalue weighted by atomic mass is 32.1. The van der Waals surface area contributed by atoms with Crippen molar-refractivity contribution in [3.8, 4) is 0 Å². The number of carbonyl (C=O) groups excluding carboxylic acids is 2. The van der Waals surface area contributed by atoms with Crippen molar-refractivity contribution in [3.63, 3.8) is 0 Å². The summed E-state index contributed by atoms with van der Waals surface area (Å²) in [5, 5.41) is 7.49. The first kappa shape index (κ1) is 14.7. The molecule has 1 aromatic heterocycles. The molecular formula is C12H18N2O3S. The zero-order chi connectivity index (χ0) is 13.8. The normalized spacial score (nSPS) is 11.1. The van der Waals surface area contributed by atoms with Crippen LogP contribution >= 0.6 is 11.3 Å². The molecule has 1 heterocycles. The van der Waals surface area contributed by atoms with E-state index >= 15 is 0 Å². The second-order valence-electron chi connectivity index (χ2n) is 4.81. The average Bonchev–Trinajstić information content (AvgIpc) is 2.72. The largest absolute Gasteiger partial charge is 0.465 e. The van der Waals surface area contributed by atoms with E-state index < -0.39 is 5.97 Å². The third-order valence-electron chi connectivity index (χ3n) is 2.09. The van der Waals surface area contributed by atoms with Gasteiger partial charge in [0.15, 0.2) is 0 Å². The summed E-state index contributed by atoms with van der Waals surface area (Å²) < 4.78 is 4.64. The molecular weight excluding hydrogens is 252 g/mol. The van der Waals surface area contributed by atoms with Crippen molar-refractivity contribution in [2.75, 3.05) is 19.0 Å². The fraction of sp³-hybridized carbons (Fsp3) is 0.500. The summed E-state index contributed by atoms with van der Waals surface area (Å²) >= 11 is 1.24. The summed E-state index contributed by atoms with van der Waals surface area (Å²) in [5.74, 6) is -0.627. The first-order valence-electron chi connectivity index (χ1n) is 5.54. The second-order valence-corrected chi connectivity index (χ2v) is 5.72. The number of nitrogens with one attached hydrogen (secondary N) is 2. The maximum Gasteiger partial charge on any atom is 0.350 e. The number of methoxy groups -OCH3 is 1. The lowest BCUT2D eigenvalue weighted by atomic mass is 10.1. The maximum atomic E-state index is 11.7. The van der Waals surface area contributed by atoms with Crippen LogP contribution in [-0.4, -0.2) is 31.1 Å². The highest BCUT2D eigenvalue weighted by Crippen LogP contribution is 2.22. The molecule has 100 valence electrons. The summed E-state index contributed by atoms with van der Waals surface area (Å²) in [5.41, 5.74) is 0.365. The van der Waals surface area contributed by atoms with Crippen LogP contribution in [0.25, 0.3) is 0 Å². The van der Waals surface area contributed by atoms with Gasteiger partial charge in [0.2, 0.25) is 5.91 Å². The predicted molar refractivity (Wildman–Crippen MR) is 72.0 cm³/mol. The molecule has 0 spiro atoms. The molecule has 1 rings (SSSR count). The molecule has 1 aromatic rings. The SMILES string of the molecule is COC(=O)c1sccc1NC(=O)CNC(C)(C)C. The van der Waals surface area contributed by atoms with Gasteiger partial charge in [-0.2, -0.15) is 0 Å². The van der Waals surface area contributed by atoms with Crippen molar-refractivity contribution >= 4 is 28.9 Å². The lowest BCUT2D eigenvalue weighted by molar-refractivity contribution is -0.115. The lowest BCUT2D eigenvalue weighted by Gasteiger charge is -2.19. The lowest BCUT2D eigenvalue weighted by Crippen LogP contribution is -2.41. The Kier molecular flexibility index (Phi) is 4.86. The predicted octanol–water partition coefficient (Wildman–Crippen LogP) is 1.86. The molecule has 0 aromatic carbocycles. The summed E-state index contributed by atoms with van der Waals surface area (Å²) in [4.78, 5) is 23.5. The molecule has 0 bridgehead atoms. The van der Waals surface area contributed by atoms with Crippen LogP contribution in [0, 0.1) is 0 Å². The molecule has 0 unspecified atom stereocenters. The Labute approximate surface area is 111 Å². The molecule has 6 heteroatoms. The van der Waals surface area contributed by atoms with Crippen molar-refractivity contribution in [1.82, 2.24) is 5.32 Å². The van der Waals surface area contributed by atoms with Crippen LogP contribution in [0.3, 0.4) is 0 Å².